The Labute approximate surface area is 116 Å². The highest BCUT2D eigenvalue weighted by atomic mass is 16.4. The van der Waals surface area contributed by atoms with Crippen LogP contribution >= 0.6 is 0 Å². The second kappa shape index (κ2) is 4.78. The molecule has 0 aliphatic carbocycles. The van der Waals surface area contributed by atoms with E-state index in [2.05, 4.69) is 4.98 Å². The fourth-order valence-electron chi connectivity index (χ4n) is 2.26. The van der Waals surface area contributed by atoms with Crippen molar-refractivity contribution in [2.45, 2.75) is 6.92 Å². The van der Waals surface area contributed by atoms with Crippen LogP contribution in [-0.4, -0.2) is 16.1 Å². The van der Waals surface area contributed by atoms with Gasteiger partial charge in [-0.3, -0.25) is 0 Å². The van der Waals surface area contributed by atoms with Crippen LogP contribution < -0.4 is 0 Å². The molecule has 0 atom stereocenters. The van der Waals surface area contributed by atoms with Crippen LogP contribution in [0.3, 0.4) is 0 Å². The smallest absolute Gasteiger partial charge is 0.354 e. The van der Waals surface area contributed by atoms with Gasteiger partial charge in [0.15, 0.2) is 0 Å². The molecule has 3 heteroatoms. The van der Waals surface area contributed by atoms with E-state index in [0.717, 1.165) is 16.5 Å². The van der Waals surface area contributed by atoms with Crippen molar-refractivity contribution in [3.8, 4) is 11.1 Å². The van der Waals surface area contributed by atoms with Crippen LogP contribution in [0.15, 0.2) is 54.6 Å². The van der Waals surface area contributed by atoms with E-state index in [-0.39, 0.29) is 5.69 Å². The average molecular weight is 263 g/mol. The van der Waals surface area contributed by atoms with Gasteiger partial charge in [0.2, 0.25) is 0 Å². The quantitative estimate of drug-likeness (QED) is 0.762. The number of hydrogen-bond acceptors (Lipinski definition) is 2. The highest BCUT2D eigenvalue weighted by molar-refractivity contribution is 5.99. The predicted molar refractivity (Wildman–Crippen MR) is 78.9 cm³/mol. The standard InChI is InChI=1S/C17H13NO2/c1-11-6-8-12(9-7-11)14-10-16(17(19)20)18-15-5-3-2-4-13(14)15/h2-10H,1H3,(H,19,20). The summed E-state index contributed by atoms with van der Waals surface area (Å²) in [5, 5.41) is 10.2. The zero-order chi connectivity index (χ0) is 14.1. The molecule has 0 saturated heterocycles. The Morgan fingerprint density at radius 3 is 2.45 bits per heavy atom. The summed E-state index contributed by atoms with van der Waals surface area (Å²) in [6.45, 7) is 2.02. The van der Waals surface area contributed by atoms with Gasteiger partial charge < -0.3 is 5.11 Å². The van der Waals surface area contributed by atoms with Gasteiger partial charge in [-0.1, -0.05) is 48.0 Å². The van der Waals surface area contributed by atoms with E-state index in [0.29, 0.717) is 5.52 Å². The first kappa shape index (κ1) is 12.4. The maximum absolute atomic E-state index is 11.2. The third-order valence-electron chi connectivity index (χ3n) is 3.30. The van der Waals surface area contributed by atoms with E-state index in [1.807, 2.05) is 55.5 Å². The SMILES string of the molecule is Cc1ccc(-c2cc(C(=O)O)nc3ccccc23)cc1. The first-order valence-electron chi connectivity index (χ1n) is 6.35. The van der Waals surface area contributed by atoms with E-state index in [9.17, 15) is 9.90 Å². The number of aromatic carboxylic acids is 1. The first-order valence-corrected chi connectivity index (χ1v) is 6.35. The Hall–Kier alpha value is -2.68. The van der Waals surface area contributed by atoms with Crippen molar-refractivity contribution in [1.29, 1.82) is 0 Å². The van der Waals surface area contributed by atoms with Crippen molar-refractivity contribution in [2.75, 3.05) is 0 Å². The first-order chi connectivity index (χ1) is 9.65. The molecule has 0 spiro atoms. The van der Waals surface area contributed by atoms with Gasteiger partial charge in [0.25, 0.3) is 0 Å². The minimum absolute atomic E-state index is 0.0688. The molecule has 3 aromatic rings. The molecule has 3 nitrogen and oxygen atoms in total. The topological polar surface area (TPSA) is 50.2 Å². The Balaban J connectivity index is 2.32. The summed E-state index contributed by atoms with van der Waals surface area (Å²) < 4.78 is 0. The van der Waals surface area contributed by atoms with Gasteiger partial charge in [0.05, 0.1) is 5.52 Å². The molecule has 2 aromatic carbocycles. The van der Waals surface area contributed by atoms with Gasteiger partial charge in [-0.25, -0.2) is 9.78 Å². The summed E-state index contributed by atoms with van der Waals surface area (Å²) in [6.07, 6.45) is 0. The fourth-order valence-corrected chi connectivity index (χ4v) is 2.26. The lowest BCUT2D eigenvalue weighted by Crippen LogP contribution is -2.01. The van der Waals surface area contributed by atoms with Crippen LogP contribution in [0.5, 0.6) is 0 Å². The molecule has 1 aromatic heterocycles. The Kier molecular flexibility index (Phi) is 2.95. The number of carboxylic acid groups (broad SMARTS) is 1. The number of para-hydroxylation sites is 1. The van der Waals surface area contributed by atoms with E-state index in [1.54, 1.807) is 6.07 Å². The molecule has 3 rings (SSSR count). The minimum Gasteiger partial charge on any atom is -0.477 e. The van der Waals surface area contributed by atoms with Gasteiger partial charge in [0.1, 0.15) is 5.69 Å². The zero-order valence-electron chi connectivity index (χ0n) is 11.0. The number of aromatic nitrogens is 1. The summed E-state index contributed by atoms with van der Waals surface area (Å²) in [4.78, 5) is 15.4. The van der Waals surface area contributed by atoms with Crippen molar-refractivity contribution in [2.24, 2.45) is 0 Å². The third kappa shape index (κ3) is 2.14. The number of pyridine rings is 1. The molecular formula is C17H13NO2. The third-order valence-corrected chi connectivity index (χ3v) is 3.30. The monoisotopic (exact) mass is 263 g/mol. The Morgan fingerprint density at radius 2 is 1.75 bits per heavy atom. The van der Waals surface area contributed by atoms with Gasteiger partial charge in [-0.05, 0) is 30.2 Å². The molecule has 0 saturated carbocycles. The number of aryl methyl sites for hydroxylation is 1. The largest absolute Gasteiger partial charge is 0.477 e. The lowest BCUT2D eigenvalue weighted by atomic mass is 9.99. The van der Waals surface area contributed by atoms with Crippen molar-refractivity contribution < 1.29 is 9.90 Å². The molecule has 0 radical (unpaired) electrons. The van der Waals surface area contributed by atoms with E-state index >= 15 is 0 Å². The van der Waals surface area contributed by atoms with Crippen molar-refractivity contribution in [3.05, 3.63) is 65.9 Å². The molecule has 1 N–H and O–H groups in total. The van der Waals surface area contributed by atoms with Crippen LogP contribution in [-0.2, 0) is 0 Å². The number of fused-ring (bicyclic) bond motifs is 1. The van der Waals surface area contributed by atoms with Crippen molar-refractivity contribution >= 4 is 16.9 Å². The molecule has 20 heavy (non-hydrogen) atoms. The van der Waals surface area contributed by atoms with E-state index in [4.69, 9.17) is 0 Å². The molecular weight excluding hydrogens is 250 g/mol. The fraction of sp³-hybridized carbons (Fsp3) is 0.0588. The molecule has 0 fully saturated rings. The average Bonchev–Trinajstić information content (AvgIpc) is 2.47. The predicted octanol–water partition coefficient (Wildman–Crippen LogP) is 3.91. The van der Waals surface area contributed by atoms with Crippen LogP contribution in [0, 0.1) is 6.92 Å². The lowest BCUT2D eigenvalue weighted by molar-refractivity contribution is 0.0691. The van der Waals surface area contributed by atoms with E-state index in [1.165, 1.54) is 5.56 Å². The molecule has 1 heterocycles. The maximum atomic E-state index is 11.2. The minimum atomic E-state index is -1.01. The molecule has 0 bridgehead atoms. The van der Waals surface area contributed by atoms with Crippen LogP contribution in [0.4, 0.5) is 0 Å². The summed E-state index contributed by atoms with van der Waals surface area (Å²) in [5.41, 5.74) is 3.83. The zero-order valence-corrected chi connectivity index (χ0v) is 11.0. The summed E-state index contributed by atoms with van der Waals surface area (Å²) in [5.74, 6) is -1.01. The second-order valence-electron chi connectivity index (χ2n) is 4.74. The number of benzene rings is 2. The molecule has 0 unspecified atom stereocenters. The summed E-state index contributed by atoms with van der Waals surface area (Å²) in [6, 6.07) is 17.3. The Bertz CT molecular complexity index is 792. The lowest BCUT2D eigenvalue weighted by Gasteiger charge is -2.08. The molecule has 0 aliphatic heterocycles. The van der Waals surface area contributed by atoms with Crippen LogP contribution in [0.1, 0.15) is 16.1 Å². The number of carbonyl (C=O) groups is 1. The van der Waals surface area contributed by atoms with Gasteiger partial charge >= 0.3 is 5.97 Å². The van der Waals surface area contributed by atoms with Crippen LogP contribution in [0.25, 0.3) is 22.0 Å². The number of hydrogen-bond donors (Lipinski definition) is 1. The van der Waals surface area contributed by atoms with Gasteiger partial charge in [-0.15, -0.1) is 0 Å². The molecule has 0 aliphatic rings. The summed E-state index contributed by atoms with van der Waals surface area (Å²) in [7, 11) is 0. The maximum Gasteiger partial charge on any atom is 0.354 e. The van der Waals surface area contributed by atoms with Gasteiger partial charge in [0, 0.05) is 5.39 Å². The van der Waals surface area contributed by atoms with Crippen molar-refractivity contribution in [3.63, 3.8) is 0 Å². The molecule has 0 amide bonds. The summed E-state index contributed by atoms with van der Waals surface area (Å²) >= 11 is 0. The van der Waals surface area contributed by atoms with Gasteiger partial charge in [-0.2, -0.15) is 0 Å². The highest BCUT2D eigenvalue weighted by Gasteiger charge is 2.11. The normalized spacial score (nSPS) is 10.7. The second-order valence-corrected chi connectivity index (χ2v) is 4.74. The van der Waals surface area contributed by atoms with E-state index < -0.39 is 5.97 Å². The Morgan fingerprint density at radius 1 is 1.05 bits per heavy atom. The highest BCUT2D eigenvalue weighted by Crippen LogP contribution is 2.28. The molecule has 98 valence electrons. The number of rotatable bonds is 2. The van der Waals surface area contributed by atoms with Crippen LogP contribution in [0.2, 0.25) is 0 Å². The van der Waals surface area contributed by atoms with Crippen molar-refractivity contribution in [1.82, 2.24) is 4.98 Å². The number of nitrogens with zero attached hydrogens (tertiary/aromatic N) is 1. The number of carboxylic acids is 1.